The van der Waals surface area contributed by atoms with Crippen LogP contribution in [-0.2, 0) is 0 Å². The van der Waals surface area contributed by atoms with Gasteiger partial charge in [0.05, 0.1) is 0 Å². The van der Waals surface area contributed by atoms with E-state index in [1.807, 2.05) is 18.4 Å². The minimum absolute atomic E-state index is 0.333. The van der Waals surface area contributed by atoms with Crippen molar-refractivity contribution >= 4 is 29.1 Å². The number of carboxylic acid groups (broad SMARTS) is 1. The van der Waals surface area contributed by atoms with Gasteiger partial charge in [0, 0.05) is 21.7 Å². The van der Waals surface area contributed by atoms with Gasteiger partial charge in [-0.15, -0.1) is 11.3 Å². The van der Waals surface area contributed by atoms with Crippen molar-refractivity contribution < 1.29 is 9.90 Å². The summed E-state index contributed by atoms with van der Waals surface area (Å²) in [6, 6.07) is 3.63. The quantitative estimate of drug-likeness (QED) is 0.868. The summed E-state index contributed by atoms with van der Waals surface area (Å²) in [5, 5.41) is 11.4. The van der Waals surface area contributed by atoms with E-state index in [-0.39, 0.29) is 0 Å². The number of hydrogen-bond donors (Lipinski definition) is 1. The van der Waals surface area contributed by atoms with Gasteiger partial charge in [0.15, 0.2) is 5.16 Å². The summed E-state index contributed by atoms with van der Waals surface area (Å²) in [5.41, 5.74) is 1.93. The molecule has 0 aliphatic heterocycles. The SMILES string of the molecule is Cc1cc(C(C)C)nc(Sc2csc(C(=O)O)c2)n1. The Bertz CT molecular complexity index is 608. The van der Waals surface area contributed by atoms with E-state index in [1.165, 1.54) is 23.1 Å². The summed E-state index contributed by atoms with van der Waals surface area (Å²) in [7, 11) is 0. The monoisotopic (exact) mass is 294 g/mol. The smallest absolute Gasteiger partial charge is 0.345 e. The van der Waals surface area contributed by atoms with Gasteiger partial charge in [0.1, 0.15) is 4.88 Å². The van der Waals surface area contributed by atoms with Crippen LogP contribution in [0.2, 0.25) is 0 Å². The standard InChI is InChI=1S/C13H14N2O2S2/c1-7(2)10-4-8(3)14-13(15-10)19-9-5-11(12(16)17)18-6-9/h4-7H,1-3H3,(H,16,17). The summed E-state index contributed by atoms with van der Waals surface area (Å²) < 4.78 is 0. The van der Waals surface area contributed by atoms with E-state index in [0.29, 0.717) is 16.0 Å². The molecule has 6 heteroatoms. The lowest BCUT2D eigenvalue weighted by Gasteiger charge is -2.07. The first-order chi connectivity index (χ1) is 8.95. The van der Waals surface area contributed by atoms with Gasteiger partial charge in [-0.3, -0.25) is 0 Å². The van der Waals surface area contributed by atoms with Gasteiger partial charge in [-0.2, -0.15) is 0 Å². The summed E-state index contributed by atoms with van der Waals surface area (Å²) in [5.74, 6) is -0.553. The Hall–Kier alpha value is -1.40. The van der Waals surface area contributed by atoms with Crippen LogP contribution in [-0.4, -0.2) is 21.0 Å². The Morgan fingerprint density at radius 2 is 2.11 bits per heavy atom. The first-order valence-electron chi connectivity index (χ1n) is 5.81. The van der Waals surface area contributed by atoms with E-state index in [0.717, 1.165) is 16.3 Å². The van der Waals surface area contributed by atoms with Crippen molar-refractivity contribution in [1.82, 2.24) is 9.97 Å². The van der Waals surface area contributed by atoms with Gasteiger partial charge in [-0.25, -0.2) is 14.8 Å². The Balaban J connectivity index is 2.24. The van der Waals surface area contributed by atoms with Crippen molar-refractivity contribution in [2.45, 2.75) is 36.7 Å². The Morgan fingerprint density at radius 3 is 2.68 bits per heavy atom. The molecule has 0 amide bonds. The number of carbonyl (C=O) groups is 1. The average molecular weight is 294 g/mol. The van der Waals surface area contributed by atoms with Gasteiger partial charge >= 0.3 is 5.97 Å². The van der Waals surface area contributed by atoms with Crippen molar-refractivity contribution in [1.29, 1.82) is 0 Å². The van der Waals surface area contributed by atoms with Crippen molar-refractivity contribution in [2.24, 2.45) is 0 Å². The number of nitrogens with zero attached hydrogens (tertiary/aromatic N) is 2. The second kappa shape index (κ2) is 5.71. The molecule has 100 valence electrons. The number of thiophene rings is 1. The molecular weight excluding hydrogens is 280 g/mol. The molecule has 0 unspecified atom stereocenters. The molecule has 0 bridgehead atoms. The molecule has 0 atom stereocenters. The molecule has 0 fully saturated rings. The Morgan fingerprint density at radius 1 is 1.37 bits per heavy atom. The van der Waals surface area contributed by atoms with Crippen molar-refractivity contribution in [3.8, 4) is 0 Å². The van der Waals surface area contributed by atoms with Crippen LogP contribution in [0.4, 0.5) is 0 Å². The lowest BCUT2D eigenvalue weighted by Crippen LogP contribution is -1.98. The largest absolute Gasteiger partial charge is 0.477 e. The molecule has 0 radical (unpaired) electrons. The van der Waals surface area contributed by atoms with Crippen molar-refractivity contribution in [2.75, 3.05) is 0 Å². The zero-order valence-corrected chi connectivity index (χ0v) is 12.5. The normalized spacial score (nSPS) is 10.9. The predicted octanol–water partition coefficient (Wildman–Crippen LogP) is 3.82. The molecule has 0 aliphatic carbocycles. The maximum absolute atomic E-state index is 10.8. The fourth-order valence-corrected chi connectivity index (χ4v) is 3.24. The zero-order chi connectivity index (χ0) is 14.0. The fourth-order valence-electron chi connectivity index (χ4n) is 1.50. The third kappa shape index (κ3) is 3.54. The van der Waals surface area contributed by atoms with E-state index >= 15 is 0 Å². The van der Waals surface area contributed by atoms with Gasteiger partial charge in [-0.05, 0) is 36.7 Å². The van der Waals surface area contributed by atoms with Crippen LogP contribution < -0.4 is 0 Å². The first kappa shape index (κ1) is 14.0. The van der Waals surface area contributed by atoms with Crippen LogP contribution in [0, 0.1) is 6.92 Å². The molecule has 2 heterocycles. The molecule has 0 spiro atoms. The van der Waals surface area contributed by atoms with E-state index in [2.05, 4.69) is 23.8 Å². The molecule has 0 saturated heterocycles. The maximum atomic E-state index is 10.8. The van der Waals surface area contributed by atoms with Crippen LogP contribution in [0.15, 0.2) is 27.6 Å². The van der Waals surface area contributed by atoms with Gasteiger partial charge in [0.2, 0.25) is 0 Å². The average Bonchev–Trinajstić information content (AvgIpc) is 2.76. The molecular formula is C13H14N2O2S2. The summed E-state index contributed by atoms with van der Waals surface area (Å²) in [6.45, 7) is 6.11. The van der Waals surface area contributed by atoms with Crippen LogP contribution in [0.1, 0.15) is 40.8 Å². The van der Waals surface area contributed by atoms with Gasteiger partial charge in [0.25, 0.3) is 0 Å². The molecule has 2 aromatic heterocycles. The first-order valence-corrected chi connectivity index (χ1v) is 7.50. The van der Waals surface area contributed by atoms with E-state index in [1.54, 1.807) is 6.07 Å². The molecule has 0 aliphatic rings. The third-order valence-electron chi connectivity index (χ3n) is 2.44. The van der Waals surface area contributed by atoms with E-state index in [9.17, 15) is 4.79 Å². The fraction of sp³-hybridized carbons (Fsp3) is 0.308. The minimum atomic E-state index is -0.898. The lowest BCUT2D eigenvalue weighted by molar-refractivity contribution is 0.0702. The second-order valence-electron chi connectivity index (χ2n) is 4.43. The highest BCUT2D eigenvalue weighted by atomic mass is 32.2. The van der Waals surface area contributed by atoms with Crippen molar-refractivity contribution in [3.05, 3.63) is 33.8 Å². The summed E-state index contributed by atoms with van der Waals surface area (Å²) in [4.78, 5) is 20.9. The Kier molecular flexibility index (Phi) is 4.21. The van der Waals surface area contributed by atoms with Gasteiger partial charge in [-0.1, -0.05) is 13.8 Å². The minimum Gasteiger partial charge on any atom is -0.477 e. The maximum Gasteiger partial charge on any atom is 0.345 e. The van der Waals surface area contributed by atoms with Crippen LogP contribution in [0.3, 0.4) is 0 Å². The third-order valence-corrected chi connectivity index (χ3v) is 4.34. The lowest BCUT2D eigenvalue weighted by atomic mass is 10.1. The molecule has 2 aromatic rings. The molecule has 4 nitrogen and oxygen atoms in total. The van der Waals surface area contributed by atoms with Crippen molar-refractivity contribution in [3.63, 3.8) is 0 Å². The van der Waals surface area contributed by atoms with Gasteiger partial charge < -0.3 is 5.11 Å². The van der Waals surface area contributed by atoms with Crippen LogP contribution >= 0.6 is 23.1 Å². The summed E-state index contributed by atoms with van der Waals surface area (Å²) >= 11 is 2.61. The van der Waals surface area contributed by atoms with E-state index < -0.39 is 5.97 Å². The number of rotatable bonds is 4. The number of hydrogen-bond acceptors (Lipinski definition) is 5. The molecule has 0 saturated carbocycles. The molecule has 19 heavy (non-hydrogen) atoms. The highest BCUT2D eigenvalue weighted by Crippen LogP contribution is 2.30. The predicted molar refractivity (Wildman–Crippen MR) is 76.3 cm³/mol. The highest BCUT2D eigenvalue weighted by molar-refractivity contribution is 7.99. The molecule has 2 rings (SSSR count). The highest BCUT2D eigenvalue weighted by Gasteiger charge is 2.11. The topological polar surface area (TPSA) is 63.1 Å². The van der Waals surface area contributed by atoms with Crippen LogP contribution in [0.25, 0.3) is 0 Å². The zero-order valence-electron chi connectivity index (χ0n) is 10.9. The van der Waals surface area contributed by atoms with Crippen LogP contribution in [0.5, 0.6) is 0 Å². The molecule has 1 N–H and O–H groups in total. The second-order valence-corrected chi connectivity index (χ2v) is 6.38. The number of aryl methyl sites for hydroxylation is 1. The molecule has 0 aromatic carbocycles. The Labute approximate surface area is 119 Å². The number of aromatic carboxylic acids is 1. The summed E-state index contributed by atoms with van der Waals surface area (Å²) in [6.07, 6.45) is 0. The number of aromatic nitrogens is 2. The van der Waals surface area contributed by atoms with E-state index in [4.69, 9.17) is 5.11 Å². The number of carboxylic acids is 1.